The molecular weight excluding hydrogens is 603 g/mol. The first-order valence-electron chi connectivity index (χ1n) is 14.0. The van der Waals surface area contributed by atoms with Crippen molar-refractivity contribution in [1.29, 1.82) is 0 Å². The second kappa shape index (κ2) is 12.4. The van der Waals surface area contributed by atoms with Crippen molar-refractivity contribution in [2.24, 2.45) is 0 Å². The van der Waals surface area contributed by atoms with E-state index in [1.165, 1.54) is 45.7 Å². The molecule has 1 aromatic heterocycles. The number of aromatic nitrogens is 1. The average Bonchev–Trinajstić information content (AvgIpc) is 3.64. The van der Waals surface area contributed by atoms with E-state index >= 15 is 0 Å². The highest BCUT2D eigenvalue weighted by Crippen LogP contribution is 2.41. The molecule has 0 fully saturated rings. The molecule has 1 heterocycles. The zero-order valence-corrected chi connectivity index (χ0v) is 24.5. The minimum Gasteiger partial charge on any atom is -0.481 e. The molecule has 0 saturated heterocycles. The van der Waals surface area contributed by atoms with Gasteiger partial charge in [0.15, 0.2) is 5.13 Å². The summed E-state index contributed by atoms with van der Waals surface area (Å²) in [4.78, 5) is 30.7. The van der Waals surface area contributed by atoms with Crippen molar-refractivity contribution in [3.8, 4) is 27.3 Å². The van der Waals surface area contributed by atoms with Gasteiger partial charge >= 0.3 is 12.3 Å². The topological polar surface area (TPSA) is 91.8 Å². The molecule has 5 aromatic rings. The molecule has 0 unspecified atom stereocenters. The van der Waals surface area contributed by atoms with E-state index in [4.69, 9.17) is 10.1 Å². The number of anilines is 2. The van der Waals surface area contributed by atoms with E-state index in [0.29, 0.717) is 22.8 Å². The molecule has 0 radical (unpaired) electrons. The summed E-state index contributed by atoms with van der Waals surface area (Å²) in [6.45, 7) is 0.467. The van der Waals surface area contributed by atoms with Gasteiger partial charge in [0.25, 0.3) is 5.91 Å². The highest BCUT2D eigenvalue weighted by Gasteiger charge is 2.31. The normalized spacial score (nSPS) is 11.9. The molecule has 0 spiro atoms. The van der Waals surface area contributed by atoms with Crippen molar-refractivity contribution in [2.75, 3.05) is 11.4 Å². The van der Waals surface area contributed by atoms with E-state index in [2.05, 4.69) is 45.3 Å². The van der Waals surface area contributed by atoms with Gasteiger partial charge in [0, 0.05) is 24.0 Å². The van der Waals surface area contributed by atoms with Gasteiger partial charge in [0.05, 0.1) is 17.8 Å². The van der Waals surface area contributed by atoms with Crippen molar-refractivity contribution in [1.82, 2.24) is 10.3 Å². The average molecular weight is 630 g/mol. The third-order valence-corrected chi connectivity index (χ3v) is 8.44. The Labute approximate surface area is 260 Å². The van der Waals surface area contributed by atoms with E-state index in [0.717, 1.165) is 22.5 Å². The van der Waals surface area contributed by atoms with Crippen LogP contribution in [0.4, 0.5) is 24.0 Å². The van der Waals surface area contributed by atoms with Crippen LogP contribution in [0.25, 0.3) is 21.6 Å². The van der Waals surface area contributed by atoms with Crippen LogP contribution in [0.3, 0.4) is 0 Å². The Morgan fingerprint density at radius 2 is 1.67 bits per heavy atom. The van der Waals surface area contributed by atoms with Crippen LogP contribution < -0.4 is 15.0 Å². The lowest BCUT2D eigenvalue weighted by Gasteiger charge is -2.23. The molecule has 7 nitrogen and oxygen atoms in total. The number of thiazole rings is 1. The first-order valence-corrected chi connectivity index (χ1v) is 14.8. The fraction of sp³-hybridized carbons (Fsp3) is 0.147. The maximum atomic E-state index is 12.6. The Hall–Kier alpha value is -5.16. The van der Waals surface area contributed by atoms with Crippen molar-refractivity contribution in [3.63, 3.8) is 0 Å². The molecule has 228 valence electrons. The third-order valence-electron chi connectivity index (χ3n) is 7.37. The van der Waals surface area contributed by atoms with Gasteiger partial charge in [-0.2, -0.15) is 0 Å². The van der Waals surface area contributed by atoms with Gasteiger partial charge in [0.2, 0.25) is 0 Å². The van der Waals surface area contributed by atoms with Crippen molar-refractivity contribution in [3.05, 3.63) is 119 Å². The van der Waals surface area contributed by atoms with E-state index < -0.39 is 12.3 Å². The number of amides is 1. The number of nitrogens with zero attached hydrogens (tertiary/aromatic N) is 2. The van der Waals surface area contributed by atoms with Gasteiger partial charge in [-0.15, -0.1) is 13.2 Å². The molecule has 0 bridgehead atoms. The van der Waals surface area contributed by atoms with Gasteiger partial charge in [0.1, 0.15) is 5.75 Å². The van der Waals surface area contributed by atoms with Crippen LogP contribution in [0.2, 0.25) is 0 Å². The number of carboxylic acid groups (broad SMARTS) is 1. The standard InChI is InChI=1S/C34H26F3N3O4S/c35-34(36,37)44-27-12-9-22(10-13-27)30-19-39-33(45-30)40(20-21-5-7-23(8-6-21)32(43)38-16-15-31(41)42)26-11-14-29-25(18-26)17-24-3-1-2-4-28(24)29/h1-14,18-19H,15-17,20H2,(H,38,43)(H,41,42). The monoisotopic (exact) mass is 629 g/mol. The summed E-state index contributed by atoms with van der Waals surface area (Å²) in [7, 11) is 0. The van der Waals surface area contributed by atoms with Crippen LogP contribution >= 0.6 is 11.3 Å². The van der Waals surface area contributed by atoms with Gasteiger partial charge in [-0.3, -0.25) is 9.59 Å². The first-order chi connectivity index (χ1) is 21.6. The fourth-order valence-electron chi connectivity index (χ4n) is 5.24. The number of hydrogen-bond donors (Lipinski definition) is 2. The molecule has 11 heteroatoms. The Morgan fingerprint density at radius 3 is 2.40 bits per heavy atom. The van der Waals surface area contributed by atoms with Crippen molar-refractivity contribution in [2.45, 2.75) is 25.7 Å². The SMILES string of the molecule is O=C(O)CCNC(=O)c1ccc(CN(c2ccc3c(c2)Cc2ccccc2-3)c2ncc(-c3ccc(OC(F)(F)F)cc3)s2)cc1. The van der Waals surface area contributed by atoms with Crippen LogP contribution in [0.5, 0.6) is 5.75 Å². The largest absolute Gasteiger partial charge is 0.573 e. The number of aliphatic carboxylic acids is 1. The molecule has 45 heavy (non-hydrogen) atoms. The third kappa shape index (κ3) is 6.99. The fourth-order valence-corrected chi connectivity index (χ4v) is 6.18. The number of hydrogen-bond acceptors (Lipinski definition) is 6. The van der Waals surface area contributed by atoms with E-state index in [1.54, 1.807) is 30.5 Å². The smallest absolute Gasteiger partial charge is 0.481 e. The Balaban J connectivity index is 1.28. The van der Waals surface area contributed by atoms with Crippen LogP contribution in [0, 0.1) is 0 Å². The number of carbonyl (C=O) groups excluding carboxylic acids is 1. The highest BCUT2D eigenvalue weighted by molar-refractivity contribution is 7.19. The number of halogens is 3. The number of carboxylic acids is 1. The van der Waals surface area contributed by atoms with Crippen LogP contribution in [-0.4, -0.2) is 34.9 Å². The maximum Gasteiger partial charge on any atom is 0.573 e. The van der Waals surface area contributed by atoms with Crippen LogP contribution in [0.1, 0.15) is 33.5 Å². The van der Waals surface area contributed by atoms with E-state index in [-0.39, 0.29) is 24.6 Å². The lowest BCUT2D eigenvalue weighted by Crippen LogP contribution is -2.26. The highest BCUT2D eigenvalue weighted by atomic mass is 32.1. The molecule has 2 N–H and O–H groups in total. The summed E-state index contributed by atoms with van der Waals surface area (Å²) in [5.41, 5.74) is 7.83. The number of ether oxygens (including phenoxy) is 1. The molecular formula is C34H26F3N3O4S. The number of benzene rings is 4. The Morgan fingerprint density at radius 1 is 0.933 bits per heavy atom. The second-order valence-corrected chi connectivity index (χ2v) is 11.4. The van der Waals surface area contributed by atoms with Gasteiger partial charge in [-0.1, -0.05) is 53.8 Å². The summed E-state index contributed by atoms with van der Waals surface area (Å²) in [6.07, 6.45) is -2.42. The van der Waals surface area contributed by atoms with Crippen molar-refractivity contribution < 1.29 is 32.6 Å². The number of alkyl halides is 3. The second-order valence-electron chi connectivity index (χ2n) is 10.4. The first kappa shape index (κ1) is 29.9. The van der Waals surface area contributed by atoms with Crippen LogP contribution in [0.15, 0.2) is 97.2 Å². The molecule has 0 saturated carbocycles. The quantitative estimate of drug-likeness (QED) is 0.161. The molecule has 1 amide bonds. The minimum atomic E-state index is -4.76. The number of fused-ring (bicyclic) bond motifs is 3. The summed E-state index contributed by atoms with van der Waals surface area (Å²) in [5, 5.41) is 12.1. The predicted molar refractivity (Wildman–Crippen MR) is 166 cm³/mol. The molecule has 4 aromatic carbocycles. The molecule has 0 atom stereocenters. The molecule has 6 rings (SSSR count). The number of carbonyl (C=O) groups is 2. The Bertz CT molecular complexity index is 1850. The number of nitrogens with one attached hydrogen (secondary N) is 1. The summed E-state index contributed by atoms with van der Waals surface area (Å²) in [5.74, 6) is -1.64. The molecule has 1 aliphatic rings. The minimum absolute atomic E-state index is 0.0380. The molecule has 0 aliphatic heterocycles. The summed E-state index contributed by atoms with van der Waals surface area (Å²) in [6, 6.07) is 27.4. The van der Waals surface area contributed by atoms with E-state index in [1.807, 2.05) is 24.3 Å². The van der Waals surface area contributed by atoms with E-state index in [9.17, 15) is 22.8 Å². The lowest BCUT2D eigenvalue weighted by molar-refractivity contribution is -0.274. The predicted octanol–water partition coefficient (Wildman–Crippen LogP) is 7.82. The molecule has 1 aliphatic carbocycles. The van der Waals surface area contributed by atoms with Crippen LogP contribution in [-0.2, 0) is 17.8 Å². The zero-order chi connectivity index (χ0) is 31.6. The van der Waals surface area contributed by atoms with Gasteiger partial charge in [-0.05, 0) is 88.3 Å². The maximum absolute atomic E-state index is 12.6. The van der Waals surface area contributed by atoms with Crippen molar-refractivity contribution >= 4 is 34.0 Å². The lowest BCUT2D eigenvalue weighted by atomic mass is 10.0. The summed E-state index contributed by atoms with van der Waals surface area (Å²) < 4.78 is 41.9. The zero-order valence-electron chi connectivity index (χ0n) is 23.7. The number of rotatable bonds is 10. The summed E-state index contributed by atoms with van der Waals surface area (Å²) >= 11 is 1.41. The Kier molecular flexibility index (Phi) is 8.27. The van der Waals surface area contributed by atoms with Gasteiger partial charge < -0.3 is 20.1 Å². The van der Waals surface area contributed by atoms with Gasteiger partial charge in [-0.25, -0.2) is 4.98 Å².